The second-order valence-corrected chi connectivity index (χ2v) is 11.0. The summed E-state index contributed by atoms with van der Waals surface area (Å²) in [5.41, 5.74) is 7.03. The summed E-state index contributed by atoms with van der Waals surface area (Å²) in [7, 11) is 0. The molecule has 220 valence electrons. The molecule has 0 fully saturated rings. The lowest BCUT2D eigenvalue weighted by atomic mass is 10.0. The zero-order valence-corrected chi connectivity index (χ0v) is 25.1. The first kappa shape index (κ1) is 34.5. The smallest absolute Gasteiger partial charge is 0.377 e. The maximum Gasteiger partial charge on any atom is 0.377 e. The third kappa shape index (κ3) is 16.2. The van der Waals surface area contributed by atoms with Gasteiger partial charge in [0.05, 0.1) is 6.61 Å². The van der Waals surface area contributed by atoms with Crippen LogP contribution in [0.3, 0.4) is 0 Å². The number of esters is 1. The van der Waals surface area contributed by atoms with E-state index in [1.165, 1.54) is 27.9 Å². The van der Waals surface area contributed by atoms with Gasteiger partial charge in [0.2, 0.25) is 5.76 Å². The van der Waals surface area contributed by atoms with Crippen LogP contribution in [0.2, 0.25) is 0 Å². The van der Waals surface area contributed by atoms with E-state index in [2.05, 4.69) is 71.9 Å². The molecule has 0 aromatic carbocycles. The first-order valence-corrected chi connectivity index (χ1v) is 14.4. The Labute approximate surface area is 236 Å². The van der Waals surface area contributed by atoms with Crippen molar-refractivity contribution in [1.82, 2.24) is 0 Å². The van der Waals surface area contributed by atoms with Gasteiger partial charge in [-0.15, -0.1) is 0 Å². The average Bonchev–Trinajstić information content (AvgIpc) is 3.10. The van der Waals surface area contributed by atoms with Crippen molar-refractivity contribution in [3.63, 3.8) is 0 Å². The van der Waals surface area contributed by atoms with E-state index in [1.54, 1.807) is 0 Å². The van der Waals surface area contributed by atoms with Gasteiger partial charge in [0, 0.05) is 6.42 Å². The summed E-state index contributed by atoms with van der Waals surface area (Å²) < 4.78 is 10.4. The number of ether oxygens (including phenoxy) is 2. The molecular weight excluding hydrogens is 492 g/mol. The number of carbonyl (C=O) groups is 1. The van der Waals surface area contributed by atoms with E-state index in [4.69, 9.17) is 19.7 Å². The van der Waals surface area contributed by atoms with Crippen LogP contribution in [0, 0.1) is 0 Å². The van der Waals surface area contributed by atoms with E-state index in [1.807, 2.05) is 0 Å². The molecule has 39 heavy (non-hydrogen) atoms. The number of unbranched alkanes of at least 4 members (excludes halogenated alkanes) is 1. The summed E-state index contributed by atoms with van der Waals surface area (Å²) in [4.78, 5) is 11.5. The summed E-state index contributed by atoms with van der Waals surface area (Å²) in [6.45, 7) is 13.4. The normalized spacial score (nSPS) is 17.3. The molecule has 0 bridgehead atoms. The van der Waals surface area contributed by atoms with E-state index in [0.717, 1.165) is 57.8 Å². The maximum atomic E-state index is 11.5. The van der Waals surface area contributed by atoms with Crippen molar-refractivity contribution in [2.45, 2.75) is 125 Å². The predicted octanol–water partition coefficient (Wildman–Crippen LogP) is 8.05. The second-order valence-electron chi connectivity index (χ2n) is 11.0. The van der Waals surface area contributed by atoms with Crippen molar-refractivity contribution in [3.05, 3.63) is 69.8 Å². The third-order valence-corrected chi connectivity index (χ3v) is 6.67. The zero-order chi connectivity index (χ0) is 29.2. The standard InChI is InChI=1S/C33H52O6/c1-24(2)13-9-16-27(5)19-10-17-25(3)14-7-8-15-26(4)18-11-20-28(6)21-12-22-38-32-29(23-30(34)35)39-33(37)31(32)36/h13-15,19-20,29-30,34-36H,7-12,16-18,21-23H2,1-6H3/b25-14+,26-15+,27-19+,28-20?. The first-order chi connectivity index (χ1) is 18.5. The molecule has 0 aliphatic carbocycles. The molecule has 6 heteroatoms. The van der Waals surface area contributed by atoms with Crippen LogP contribution in [0.15, 0.2) is 69.8 Å². The minimum absolute atomic E-state index is 0.0156. The molecule has 6 nitrogen and oxygen atoms in total. The minimum Gasteiger partial charge on any atom is -0.499 e. The molecule has 1 unspecified atom stereocenters. The molecule has 0 spiro atoms. The second kappa shape index (κ2) is 19.5. The lowest BCUT2D eigenvalue weighted by Crippen LogP contribution is -2.21. The molecule has 0 aromatic heterocycles. The number of rotatable bonds is 19. The molecular formula is C33H52O6. The molecule has 3 N–H and O–H groups in total. The van der Waals surface area contributed by atoms with Crippen molar-refractivity contribution < 1.29 is 29.6 Å². The van der Waals surface area contributed by atoms with E-state index >= 15 is 0 Å². The number of cyclic esters (lactones) is 1. The number of aliphatic hydroxyl groups is 3. The largest absolute Gasteiger partial charge is 0.499 e. The van der Waals surface area contributed by atoms with Crippen LogP contribution in [0.25, 0.3) is 0 Å². The Bertz CT molecular complexity index is 941. The minimum atomic E-state index is -1.65. The van der Waals surface area contributed by atoms with E-state index < -0.39 is 24.1 Å². The van der Waals surface area contributed by atoms with Gasteiger partial charge in [-0.3, -0.25) is 0 Å². The summed E-state index contributed by atoms with van der Waals surface area (Å²) in [5.74, 6) is -1.50. The summed E-state index contributed by atoms with van der Waals surface area (Å²) in [5, 5.41) is 28.0. The highest BCUT2D eigenvalue weighted by Gasteiger charge is 2.37. The molecule has 1 atom stereocenters. The summed E-state index contributed by atoms with van der Waals surface area (Å²) in [6, 6.07) is 0. The Morgan fingerprint density at radius 1 is 0.769 bits per heavy atom. The fourth-order valence-corrected chi connectivity index (χ4v) is 4.28. The van der Waals surface area contributed by atoms with Gasteiger partial charge in [-0.2, -0.15) is 0 Å². The van der Waals surface area contributed by atoms with Crippen molar-refractivity contribution >= 4 is 5.97 Å². The van der Waals surface area contributed by atoms with Crippen LogP contribution in [0.4, 0.5) is 0 Å². The Morgan fingerprint density at radius 2 is 1.23 bits per heavy atom. The number of allylic oxidation sites excluding steroid dienone is 10. The summed E-state index contributed by atoms with van der Waals surface area (Å²) in [6.07, 6.45) is 19.1. The van der Waals surface area contributed by atoms with Crippen molar-refractivity contribution in [2.75, 3.05) is 6.61 Å². The molecule has 1 heterocycles. The van der Waals surface area contributed by atoms with Gasteiger partial charge in [-0.25, -0.2) is 4.79 Å². The van der Waals surface area contributed by atoms with Gasteiger partial charge in [0.25, 0.3) is 0 Å². The van der Waals surface area contributed by atoms with Gasteiger partial charge in [0.15, 0.2) is 18.2 Å². The van der Waals surface area contributed by atoms with Gasteiger partial charge in [-0.1, -0.05) is 58.2 Å². The van der Waals surface area contributed by atoms with Gasteiger partial charge >= 0.3 is 5.97 Å². The van der Waals surface area contributed by atoms with Crippen molar-refractivity contribution in [2.24, 2.45) is 0 Å². The lowest BCUT2D eigenvalue weighted by Gasteiger charge is -2.15. The summed E-state index contributed by atoms with van der Waals surface area (Å²) >= 11 is 0. The van der Waals surface area contributed by atoms with E-state index in [-0.39, 0.29) is 12.2 Å². The van der Waals surface area contributed by atoms with Crippen LogP contribution in [-0.2, 0) is 14.3 Å². The molecule has 1 aliphatic rings. The highest BCUT2D eigenvalue weighted by Crippen LogP contribution is 2.26. The predicted molar refractivity (Wildman–Crippen MR) is 159 cm³/mol. The Morgan fingerprint density at radius 3 is 1.72 bits per heavy atom. The molecule has 1 aliphatic heterocycles. The number of hydrogen-bond donors (Lipinski definition) is 3. The van der Waals surface area contributed by atoms with Gasteiger partial charge < -0.3 is 24.8 Å². The van der Waals surface area contributed by atoms with Crippen LogP contribution < -0.4 is 0 Å². The molecule has 0 radical (unpaired) electrons. The highest BCUT2D eigenvalue weighted by atomic mass is 16.6. The van der Waals surface area contributed by atoms with Crippen LogP contribution >= 0.6 is 0 Å². The van der Waals surface area contributed by atoms with Crippen LogP contribution in [0.1, 0.15) is 112 Å². The molecule has 0 amide bonds. The van der Waals surface area contributed by atoms with Crippen molar-refractivity contribution in [3.8, 4) is 0 Å². The Balaban J connectivity index is 2.25. The average molecular weight is 545 g/mol. The Kier molecular flexibility index (Phi) is 17.2. The first-order valence-electron chi connectivity index (χ1n) is 14.4. The van der Waals surface area contributed by atoms with Crippen LogP contribution in [0.5, 0.6) is 0 Å². The topological polar surface area (TPSA) is 96.2 Å². The fourth-order valence-electron chi connectivity index (χ4n) is 4.28. The van der Waals surface area contributed by atoms with E-state index in [9.17, 15) is 9.90 Å². The van der Waals surface area contributed by atoms with Crippen LogP contribution in [-0.4, -0.2) is 40.3 Å². The number of aliphatic hydroxyl groups excluding tert-OH is 2. The monoisotopic (exact) mass is 544 g/mol. The molecule has 0 saturated heterocycles. The quantitative estimate of drug-likeness (QED) is 0.0659. The zero-order valence-electron chi connectivity index (χ0n) is 25.1. The Hall–Kier alpha value is -2.57. The number of hydrogen-bond acceptors (Lipinski definition) is 6. The fraction of sp³-hybridized carbons (Fsp3) is 0.606. The van der Waals surface area contributed by atoms with E-state index in [0.29, 0.717) is 13.0 Å². The highest BCUT2D eigenvalue weighted by molar-refractivity contribution is 5.89. The molecule has 0 saturated carbocycles. The molecule has 0 aromatic rings. The van der Waals surface area contributed by atoms with Gasteiger partial charge in [-0.05, 0) is 106 Å². The SMILES string of the molecule is CC(C)=CCC/C(C)=C/CC/C(C)=C/CC/C=C(\C)CCC=C(C)CCCOC1=C(O)C(=O)OC1CC(O)O. The maximum absolute atomic E-state index is 11.5. The molecule has 1 rings (SSSR count). The van der Waals surface area contributed by atoms with Crippen molar-refractivity contribution in [1.29, 1.82) is 0 Å². The third-order valence-electron chi connectivity index (χ3n) is 6.67. The van der Waals surface area contributed by atoms with Gasteiger partial charge in [0.1, 0.15) is 0 Å². The number of carbonyl (C=O) groups excluding carboxylic acids is 1. The lowest BCUT2D eigenvalue weighted by molar-refractivity contribution is -0.146.